The molecule has 4 nitrogen and oxygen atoms in total. The second kappa shape index (κ2) is 7.40. The van der Waals surface area contributed by atoms with Crippen LogP contribution in [0, 0.1) is 0 Å². The number of thioether (sulfide) groups is 1. The van der Waals surface area contributed by atoms with E-state index >= 15 is 0 Å². The molecule has 1 aliphatic rings. The van der Waals surface area contributed by atoms with Gasteiger partial charge in [-0.1, -0.05) is 30.3 Å². The summed E-state index contributed by atoms with van der Waals surface area (Å²) >= 11 is 1.85. The minimum atomic E-state index is -0.209. The maximum absolute atomic E-state index is 11.9. The van der Waals surface area contributed by atoms with Gasteiger partial charge in [-0.15, -0.1) is 0 Å². The van der Waals surface area contributed by atoms with Gasteiger partial charge < -0.3 is 15.4 Å². The summed E-state index contributed by atoms with van der Waals surface area (Å²) in [6.07, 6.45) is 0.824. The fourth-order valence-corrected chi connectivity index (χ4v) is 3.10. The summed E-state index contributed by atoms with van der Waals surface area (Å²) in [5.41, 5.74) is 6.50. The minimum Gasteiger partial charge on any atom is -0.445 e. The summed E-state index contributed by atoms with van der Waals surface area (Å²) in [7, 11) is 0. The molecule has 0 saturated carbocycles. The van der Waals surface area contributed by atoms with Crippen LogP contribution in [0.15, 0.2) is 30.3 Å². The zero-order valence-electron chi connectivity index (χ0n) is 11.0. The van der Waals surface area contributed by atoms with E-state index in [-0.39, 0.29) is 6.09 Å². The SMILES string of the molecule is NCCS[C@@H]1CCN(C(=O)OCc2ccccc2)C1. The molecule has 2 N–H and O–H groups in total. The van der Waals surface area contributed by atoms with Crippen molar-refractivity contribution in [1.29, 1.82) is 0 Å². The van der Waals surface area contributed by atoms with Crippen molar-refractivity contribution in [2.45, 2.75) is 18.3 Å². The number of rotatable bonds is 5. The molecule has 0 aliphatic carbocycles. The van der Waals surface area contributed by atoms with Crippen LogP contribution < -0.4 is 5.73 Å². The molecule has 1 heterocycles. The van der Waals surface area contributed by atoms with Crippen LogP contribution in [-0.4, -0.2) is 41.6 Å². The number of likely N-dealkylation sites (tertiary alicyclic amines) is 1. The summed E-state index contributed by atoms with van der Waals surface area (Å²) in [4.78, 5) is 13.7. The van der Waals surface area contributed by atoms with E-state index < -0.39 is 0 Å². The van der Waals surface area contributed by atoms with Crippen molar-refractivity contribution in [1.82, 2.24) is 4.90 Å². The Balaban J connectivity index is 1.72. The van der Waals surface area contributed by atoms with Crippen LogP contribution in [0.3, 0.4) is 0 Å². The van der Waals surface area contributed by atoms with Crippen molar-refractivity contribution in [3.05, 3.63) is 35.9 Å². The predicted octanol–water partition coefficient (Wildman–Crippen LogP) is 2.09. The minimum absolute atomic E-state index is 0.209. The number of nitrogens with zero attached hydrogens (tertiary/aromatic N) is 1. The number of carbonyl (C=O) groups is 1. The summed E-state index contributed by atoms with van der Waals surface area (Å²) in [6, 6.07) is 9.75. The van der Waals surface area contributed by atoms with Crippen LogP contribution in [0.4, 0.5) is 4.79 Å². The standard InChI is InChI=1S/C14H20N2O2S/c15-7-9-19-13-6-8-16(10-13)14(17)18-11-12-4-2-1-3-5-12/h1-5,13H,6-11,15H2/t13-/m1/s1. The summed E-state index contributed by atoms with van der Waals surface area (Å²) < 4.78 is 5.32. The number of hydrogen-bond donors (Lipinski definition) is 1. The van der Waals surface area contributed by atoms with Gasteiger partial charge in [0.05, 0.1) is 0 Å². The Hall–Kier alpha value is -1.20. The van der Waals surface area contributed by atoms with Crippen molar-refractivity contribution in [3.63, 3.8) is 0 Å². The van der Waals surface area contributed by atoms with Gasteiger partial charge in [0.1, 0.15) is 6.61 Å². The quantitative estimate of drug-likeness (QED) is 0.897. The van der Waals surface area contributed by atoms with Crippen molar-refractivity contribution >= 4 is 17.9 Å². The fourth-order valence-electron chi connectivity index (χ4n) is 2.08. The van der Waals surface area contributed by atoms with E-state index in [0.29, 0.717) is 18.4 Å². The van der Waals surface area contributed by atoms with E-state index in [1.165, 1.54) is 0 Å². The zero-order valence-corrected chi connectivity index (χ0v) is 11.8. The monoisotopic (exact) mass is 280 g/mol. The number of carbonyl (C=O) groups excluding carboxylic acids is 1. The van der Waals surface area contributed by atoms with Gasteiger partial charge in [-0.25, -0.2) is 4.79 Å². The lowest BCUT2D eigenvalue weighted by Crippen LogP contribution is -2.29. The Morgan fingerprint density at radius 3 is 2.95 bits per heavy atom. The molecule has 1 fully saturated rings. The molecule has 1 aromatic carbocycles. The highest BCUT2D eigenvalue weighted by atomic mass is 32.2. The third kappa shape index (κ3) is 4.44. The van der Waals surface area contributed by atoms with Gasteiger partial charge in [0.25, 0.3) is 0 Å². The number of amides is 1. The molecule has 1 aromatic rings. The predicted molar refractivity (Wildman–Crippen MR) is 78.1 cm³/mol. The second-order valence-corrected chi connectivity index (χ2v) is 5.96. The molecule has 0 unspecified atom stereocenters. The smallest absolute Gasteiger partial charge is 0.410 e. The van der Waals surface area contributed by atoms with E-state index in [2.05, 4.69) is 0 Å². The molecule has 1 atom stereocenters. The van der Waals surface area contributed by atoms with Gasteiger partial charge in [-0.2, -0.15) is 11.8 Å². The highest BCUT2D eigenvalue weighted by Gasteiger charge is 2.27. The molecular weight excluding hydrogens is 260 g/mol. The highest BCUT2D eigenvalue weighted by Crippen LogP contribution is 2.22. The first kappa shape index (κ1) is 14.2. The average molecular weight is 280 g/mol. The van der Waals surface area contributed by atoms with Crippen LogP contribution >= 0.6 is 11.8 Å². The largest absolute Gasteiger partial charge is 0.445 e. The van der Waals surface area contributed by atoms with Gasteiger partial charge >= 0.3 is 6.09 Å². The third-order valence-electron chi connectivity index (χ3n) is 3.08. The molecule has 0 bridgehead atoms. The van der Waals surface area contributed by atoms with Crippen molar-refractivity contribution in [2.75, 3.05) is 25.4 Å². The second-order valence-electron chi connectivity index (χ2n) is 4.56. The molecule has 1 aliphatic heterocycles. The Morgan fingerprint density at radius 1 is 1.42 bits per heavy atom. The van der Waals surface area contributed by atoms with Crippen molar-refractivity contribution in [3.8, 4) is 0 Å². The summed E-state index contributed by atoms with van der Waals surface area (Å²) in [5, 5.41) is 0.507. The highest BCUT2D eigenvalue weighted by molar-refractivity contribution is 7.99. The molecule has 19 heavy (non-hydrogen) atoms. The Bertz CT molecular complexity index is 400. The number of hydrogen-bond acceptors (Lipinski definition) is 4. The van der Waals surface area contributed by atoms with Gasteiger partial charge in [-0.3, -0.25) is 0 Å². The van der Waals surface area contributed by atoms with E-state index in [9.17, 15) is 4.79 Å². The van der Waals surface area contributed by atoms with E-state index in [1.54, 1.807) is 4.90 Å². The average Bonchev–Trinajstić information content (AvgIpc) is 2.92. The Kier molecular flexibility index (Phi) is 5.54. The molecule has 0 radical (unpaired) electrons. The Morgan fingerprint density at radius 2 is 2.21 bits per heavy atom. The van der Waals surface area contributed by atoms with E-state index in [0.717, 1.165) is 30.8 Å². The lowest BCUT2D eigenvalue weighted by Gasteiger charge is -2.16. The van der Waals surface area contributed by atoms with Crippen LogP contribution in [0.25, 0.3) is 0 Å². The fraction of sp³-hybridized carbons (Fsp3) is 0.500. The van der Waals surface area contributed by atoms with E-state index in [1.807, 2.05) is 42.1 Å². The van der Waals surface area contributed by atoms with Crippen LogP contribution in [0.2, 0.25) is 0 Å². The van der Waals surface area contributed by atoms with Crippen LogP contribution in [-0.2, 0) is 11.3 Å². The van der Waals surface area contributed by atoms with Crippen LogP contribution in [0.1, 0.15) is 12.0 Å². The maximum atomic E-state index is 11.9. The molecule has 2 rings (SSSR count). The van der Waals surface area contributed by atoms with E-state index in [4.69, 9.17) is 10.5 Å². The first-order valence-electron chi connectivity index (χ1n) is 6.57. The van der Waals surface area contributed by atoms with Crippen molar-refractivity contribution in [2.24, 2.45) is 5.73 Å². The molecule has 1 saturated heterocycles. The maximum Gasteiger partial charge on any atom is 0.410 e. The molecule has 1 amide bonds. The molecule has 0 aromatic heterocycles. The first-order chi connectivity index (χ1) is 9.29. The topological polar surface area (TPSA) is 55.6 Å². The number of benzene rings is 1. The lowest BCUT2D eigenvalue weighted by molar-refractivity contribution is 0.104. The van der Waals surface area contributed by atoms with Crippen LogP contribution in [0.5, 0.6) is 0 Å². The van der Waals surface area contributed by atoms with Crippen molar-refractivity contribution < 1.29 is 9.53 Å². The van der Waals surface area contributed by atoms with Gasteiger partial charge in [-0.05, 0) is 12.0 Å². The third-order valence-corrected chi connectivity index (χ3v) is 4.41. The molecule has 0 spiro atoms. The number of nitrogens with two attached hydrogens (primary N) is 1. The van der Waals surface area contributed by atoms with Gasteiger partial charge in [0.2, 0.25) is 0 Å². The lowest BCUT2D eigenvalue weighted by atomic mass is 10.2. The van der Waals surface area contributed by atoms with Gasteiger partial charge in [0.15, 0.2) is 0 Å². The molecular formula is C14H20N2O2S. The summed E-state index contributed by atoms with van der Waals surface area (Å²) in [5.74, 6) is 0.956. The first-order valence-corrected chi connectivity index (χ1v) is 7.62. The van der Waals surface area contributed by atoms with Gasteiger partial charge in [0, 0.05) is 30.6 Å². The summed E-state index contributed by atoms with van der Waals surface area (Å²) in [6.45, 7) is 2.60. The molecule has 104 valence electrons. The molecule has 5 heteroatoms. The normalized spacial score (nSPS) is 18.6. The number of ether oxygens (including phenoxy) is 1. The Labute approximate surface area is 118 Å². The zero-order chi connectivity index (χ0) is 13.5.